The van der Waals surface area contributed by atoms with Gasteiger partial charge in [-0.15, -0.1) is 0 Å². The maximum Gasteiger partial charge on any atom is 0.234 e. The molecule has 0 bridgehead atoms. The molecule has 23 heavy (non-hydrogen) atoms. The van der Waals surface area contributed by atoms with Gasteiger partial charge in [-0.2, -0.15) is 0 Å². The van der Waals surface area contributed by atoms with Crippen LogP contribution < -0.4 is 11.1 Å². The largest absolute Gasteiger partial charge is 0.382 e. The van der Waals surface area contributed by atoms with Crippen LogP contribution in [0.4, 0.5) is 11.5 Å². The van der Waals surface area contributed by atoms with Crippen LogP contribution in [0.15, 0.2) is 29.7 Å². The number of aryl methyl sites for hydroxylation is 1. The van der Waals surface area contributed by atoms with Crippen LogP contribution in [0.5, 0.6) is 0 Å². The Morgan fingerprint density at radius 1 is 1.43 bits per heavy atom. The lowest BCUT2D eigenvalue weighted by Crippen LogP contribution is -2.14. The second kappa shape index (κ2) is 6.43. The smallest absolute Gasteiger partial charge is 0.234 e. The number of fused-ring (bicyclic) bond motifs is 1. The minimum atomic E-state index is -0.158. The first-order valence-electron chi connectivity index (χ1n) is 6.68. The summed E-state index contributed by atoms with van der Waals surface area (Å²) < 4.78 is 0. The summed E-state index contributed by atoms with van der Waals surface area (Å²) in [4.78, 5) is 27.1. The van der Waals surface area contributed by atoms with Gasteiger partial charge < -0.3 is 16.0 Å². The molecule has 0 aliphatic heterocycles. The van der Waals surface area contributed by atoms with Crippen LogP contribution in [0.25, 0.3) is 11.2 Å². The fraction of sp³-hybridized carbons (Fsp3) is 0.143. The molecule has 2 heterocycles. The van der Waals surface area contributed by atoms with Gasteiger partial charge in [-0.05, 0) is 24.6 Å². The topological polar surface area (TPSA) is 110 Å². The van der Waals surface area contributed by atoms with E-state index in [0.29, 0.717) is 32.8 Å². The number of halogens is 1. The van der Waals surface area contributed by atoms with E-state index in [4.69, 9.17) is 17.3 Å². The van der Waals surface area contributed by atoms with E-state index in [-0.39, 0.29) is 11.7 Å². The lowest BCUT2D eigenvalue weighted by Gasteiger charge is -2.06. The zero-order chi connectivity index (χ0) is 16.4. The van der Waals surface area contributed by atoms with E-state index < -0.39 is 0 Å². The van der Waals surface area contributed by atoms with Crippen LogP contribution in [0.2, 0.25) is 5.02 Å². The van der Waals surface area contributed by atoms with E-state index in [1.807, 2.05) is 13.0 Å². The second-order valence-corrected chi connectivity index (χ2v) is 6.17. The third-order valence-electron chi connectivity index (χ3n) is 3.09. The van der Waals surface area contributed by atoms with Gasteiger partial charge in [0.25, 0.3) is 0 Å². The number of hydrogen-bond acceptors (Lipinski definition) is 6. The highest BCUT2D eigenvalue weighted by atomic mass is 35.5. The van der Waals surface area contributed by atoms with Gasteiger partial charge >= 0.3 is 0 Å². The number of anilines is 2. The molecule has 0 spiro atoms. The summed E-state index contributed by atoms with van der Waals surface area (Å²) in [7, 11) is 0. The van der Waals surface area contributed by atoms with Crippen LogP contribution >= 0.6 is 23.4 Å². The Hall–Kier alpha value is -2.32. The standard InChI is InChI=1S/C14H13ClN6OS/c1-7-2-3-8(4-9(7)15)19-10(22)5-23-14-20-11-12(16)17-6-18-13(11)21-14/h2-4,6H,5H2,1H3,(H,19,22)(H3,16,17,18,20,21). The van der Waals surface area contributed by atoms with Gasteiger partial charge in [0.1, 0.15) is 11.8 Å². The summed E-state index contributed by atoms with van der Waals surface area (Å²) in [6.07, 6.45) is 1.35. The molecule has 0 aliphatic rings. The van der Waals surface area contributed by atoms with Gasteiger partial charge in [0.15, 0.2) is 16.6 Å². The number of nitrogens with two attached hydrogens (primary N) is 1. The molecule has 3 rings (SSSR count). The number of amides is 1. The van der Waals surface area contributed by atoms with Crippen LogP contribution in [0.1, 0.15) is 5.56 Å². The molecule has 9 heteroatoms. The molecule has 0 atom stereocenters. The number of carbonyl (C=O) groups is 1. The van der Waals surface area contributed by atoms with E-state index in [2.05, 4.69) is 25.3 Å². The first-order chi connectivity index (χ1) is 11.0. The summed E-state index contributed by atoms with van der Waals surface area (Å²) in [5, 5.41) is 3.96. The van der Waals surface area contributed by atoms with Crippen molar-refractivity contribution >= 4 is 51.9 Å². The zero-order valence-corrected chi connectivity index (χ0v) is 13.7. The average Bonchev–Trinajstić information content (AvgIpc) is 2.94. The summed E-state index contributed by atoms with van der Waals surface area (Å²) in [6.45, 7) is 1.90. The van der Waals surface area contributed by atoms with E-state index in [1.165, 1.54) is 18.1 Å². The number of hydrogen-bond donors (Lipinski definition) is 3. The Morgan fingerprint density at radius 3 is 3.00 bits per heavy atom. The van der Waals surface area contributed by atoms with Crippen molar-refractivity contribution in [2.75, 3.05) is 16.8 Å². The SMILES string of the molecule is Cc1ccc(NC(=O)CSc2nc3ncnc(N)c3[nH]2)cc1Cl. The van der Waals surface area contributed by atoms with Gasteiger partial charge in [0.05, 0.1) is 5.75 Å². The molecule has 0 aliphatic carbocycles. The Bertz CT molecular complexity index is 881. The number of benzene rings is 1. The monoisotopic (exact) mass is 348 g/mol. The van der Waals surface area contributed by atoms with Crippen molar-refractivity contribution in [3.05, 3.63) is 35.1 Å². The van der Waals surface area contributed by atoms with Crippen molar-refractivity contribution < 1.29 is 4.79 Å². The highest BCUT2D eigenvalue weighted by molar-refractivity contribution is 7.99. The highest BCUT2D eigenvalue weighted by Gasteiger charge is 2.10. The Balaban J connectivity index is 1.63. The van der Waals surface area contributed by atoms with Crippen molar-refractivity contribution in [3.8, 4) is 0 Å². The van der Waals surface area contributed by atoms with Gasteiger partial charge in [-0.25, -0.2) is 15.0 Å². The van der Waals surface area contributed by atoms with Crippen molar-refractivity contribution in [3.63, 3.8) is 0 Å². The van der Waals surface area contributed by atoms with Crippen LogP contribution in [-0.4, -0.2) is 31.6 Å². The third-order valence-corrected chi connectivity index (χ3v) is 4.37. The quantitative estimate of drug-likeness (QED) is 0.625. The maximum atomic E-state index is 12.0. The van der Waals surface area contributed by atoms with Crippen molar-refractivity contribution in [2.24, 2.45) is 0 Å². The Kier molecular flexibility index (Phi) is 4.35. The predicted octanol–water partition coefficient (Wildman–Crippen LogP) is 2.63. The average molecular weight is 349 g/mol. The molecule has 2 aromatic heterocycles. The van der Waals surface area contributed by atoms with Crippen molar-refractivity contribution in [1.29, 1.82) is 0 Å². The summed E-state index contributed by atoms with van der Waals surface area (Å²) in [6, 6.07) is 5.38. The molecular weight excluding hydrogens is 336 g/mol. The van der Waals surface area contributed by atoms with Crippen LogP contribution in [0, 0.1) is 6.92 Å². The van der Waals surface area contributed by atoms with Gasteiger partial charge in [0, 0.05) is 10.7 Å². The van der Waals surface area contributed by atoms with E-state index >= 15 is 0 Å². The lowest BCUT2D eigenvalue weighted by atomic mass is 10.2. The molecule has 0 radical (unpaired) electrons. The molecule has 0 saturated heterocycles. The number of imidazole rings is 1. The number of rotatable bonds is 4. The summed E-state index contributed by atoms with van der Waals surface area (Å²) in [5.74, 6) is 0.362. The minimum absolute atomic E-state index is 0.158. The number of H-pyrrole nitrogens is 1. The fourth-order valence-corrected chi connectivity index (χ4v) is 2.74. The lowest BCUT2D eigenvalue weighted by molar-refractivity contribution is -0.113. The number of carbonyl (C=O) groups excluding carboxylic acids is 1. The van der Waals surface area contributed by atoms with Crippen molar-refractivity contribution in [1.82, 2.24) is 19.9 Å². The fourth-order valence-electron chi connectivity index (χ4n) is 1.90. The molecule has 1 amide bonds. The summed E-state index contributed by atoms with van der Waals surface area (Å²) in [5.41, 5.74) is 8.39. The number of nitrogens with zero attached hydrogens (tertiary/aromatic N) is 3. The number of aromatic nitrogens is 4. The Labute approximate surface area is 141 Å². The van der Waals surface area contributed by atoms with E-state index in [9.17, 15) is 4.79 Å². The van der Waals surface area contributed by atoms with Crippen LogP contribution in [-0.2, 0) is 4.79 Å². The molecular formula is C14H13ClN6OS. The molecule has 7 nitrogen and oxygen atoms in total. The predicted molar refractivity (Wildman–Crippen MR) is 91.6 cm³/mol. The first kappa shape index (κ1) is 15.6. The summed E-state index contributed by atoms with van der Waals surface area (Å²) >= 11 is 7.29. The van der Waals surface area contributed by atoms with Gasteiger partial charge in [-0.3, -0.25) is 4.79 Å². The minimum Gasteiger partial charge on any atom is -0.382 e. The molecule has 0 unspecified atom stereocenters. The normalized spacial score (nSPS) is 10.9. The first-order valence-corrected chi connectivity index (χ1v) is 8.04. The molecule has 0 saturated carbocycles. The van der Waals surface area contributed by atoms with Gasteiger partial charge in [-0.1, -0.05) is 29.4 Å². The van der Waals surface area contributed by atoms with E-state index in [0.717, 1.165) is 5.56 Å². The Morgan fingerprint density at radius 2 is 2.26 bits per heavy atom. The molecule has 1 aromatic carbocycles. The number of aromatic amines is 1. The van der Waals surface area contributed by atoms with Crippen molar-refractivity contribution in [2.45, 2.75) is 12.1 Å². The molecule has 4 N–H and O–H groups in total. The molecule has 0 fully saturated rings. The number of nitrogen functional groups attached to an aromatic ring is 1. The van der Waals surface area contributed by atoms with Crippen LogP contribution in [0.3, 0.4) is 0 Å². The third kappa shape index (κ3) is 3.54. The number of nitrogens with one attached hydrogen (secondary N) is 2. The second-order valence-electron chi connectivity index (χ2n) is 4.80. The molecule has 3 aromatic rings. The number of thioether (sulfide) groups is 1. The maximum absolute atomic E-state index is 12.0. The highest BCUT2D eigenvalue weighted by Crippen LogP contribution is 2.22. The zero-order valence-electron chi connectivity index (χ0n) is 12.1. The van der Waals surface area contributed by atoms with E-state index in [1.54, 1.807) is 12.1 Å². The molecule has 118 valence electrons. The van der Waals surface area contributed by atoms with Gasteiger partial charge in [0.2, 0.25) is 5.91 Å².